The number of aryl methyl sites for hydroxylation is 2. The van der Waals surface area contributed by atoms with E-state index in [1.807, 2.05) is 0 Å². The van der Waals surface area contributed by atoms with E-state index in [0.29, 0.717) is 6.54 Å². The highest BCUT2D eigenvalue weighted by Crippen LogP contribution is 2.32. The van der Waals surface area contributed by atoms with Crippen molar-refractivity contribution in [2.75, 3.05) is 25.2 Å². The summed E-state index contributed by atoms with van der Waals surface area (Å²) >= 11 is 1.60. The molecular formula is C14H21N3O2S. The molecule has 0 radical (unpaired) electrons. The highest BCUT2D eigenvalue weighted by atomic mass is 32.1. The predicted octanol–water partition coefficient (Wildman–Crippen LogP) is 1.51. The van der Waals surface area contributed by atoms with Crippen LogP contribution < -0.4 is 10.6 Å². The van der Waals surface area contributed by atoms with Gasteiger partial charge in [0.2, 0.25) is 5.91 Å². The van der Waals surface area contributed by atoms with E-state index in [1.165, 1.54) is 24.8 Å². The molecule has 1 aromatic heterocycles. The molecule has 1 unspecified atom stereocenters. The largest absolute Gasteiger partial charge is 0.383 e. The molecule has 0 aliphatic heterocycles. The topological polar surface area (TPSA) is 68.5 Å². The molecule has 6 heteroatoms. The summed E-state index contributed by atoms with van der Waals surface area (Å²) in [4.78, 5) is 19.9. The Hall–Kier alpha value is -1.24. The molecule has 0 bridgehead atoms. The van der Waals surface area contributed by atoms with Crippen molar-refractivity contribution in [3.05, 3.63) is 23.2 Å². The molecule has 0 aromatic carbocycles. The molecular weight excluding hydrogens is 274 g/mol. The second-order valence-electron chi connectivity index (χ2n) is 4.87. The molecule has 20 heavy (non-hydrogen) atoms. The number of carbonyl (C=O) groups is 1. The molecule has 0 fully saturated rings. The van der Waals surface area contributed by atoms with Gasteiger partial charge in [0.1, 0.15) is 6.04 Å². The van der Waals surface area contributed by atoms with Crippen LogP contribution in [0.5, 0.6) is 0 Å². The highest BCUT2D eigenvalue weighted by Gasteiger charge is 2.26. The van der Waals surface area contributed by atoms with Crippen LogP contribution in [0.15, 0.2) is 12.7 Å². The summed E-state index contributed by atoms with van der Waals surface area (Å²) in [6.07, 6.45) is 6.14. The van der Waals surface area contributed by atoms with Gasteiger partial charge in [-0.1, -0.05) is 6.08 Å². The first kappa shape index (κ1) is 15.2. The molecule has 1 aliphatic carbocycles. The number of nitrogens with zero attached hydrogens (tertiary/aromatic N) is 2. The van der Waals surface area contributed by atoms with Crippen LogP contribution in [0, 0.1) is 0 Å². The van der Waals surface area contributed by atoms with Gasteiger partial charge in [-0.2, -0.15) is 0 Å². The summed E-state index contributed by atoms with van der Waals surface area (Å²) in [5, 5.41) is 0.730. The van der Waals surface area contributed by atoms with E-state index in [9.17, 15) is 4.79 Å². The van der Waals surface area contributed by atoms with E-state index < -0.39 is 6.04 Å². The lowest BCUT2D eigenvalue weighted by molar-refractivity contribution is -0.120. The summed E-state index contributed by atoms with van der Waals surface area (Å²) in [7, 11) is 1.53. The van der Waals surface area contributed by atoms with E-state index in [0.717, 1.165) is 23.7 Å². The number of carbonyl (C=O) groups excluding carboxylic acids is 1. The maximum absolute atomic E-state index is 12.4. The molecule has 2 N–H and O–H groups in total. The average molecular weight is 295 g/mol. The van der Waals surface area contributed by atoms with Gasteiger partial charge in [-0.3, -0.25) is 9.69 Å². The van der Waals surface area contributed by atoms with Gasteiger partial charge in [0.25, 0.3) is 0 Å². The zero-order chi connectivity index (χ0) is 14.5. The first-order valence-corrected chi connectivity index (χ1v) is 7.64. The fourth-order valence-electron chi connectivity index (χ4n) is 2.30. The quantitative estimate of drug-likeness (QED) is 0.808. The first-order chi connectivity index (χ1) is 9.67. The maximum Gasteiger partial charge on any atom is 0.248 e. The number of thiazole rings is 1. The van der Waals surface area contributed by atoms with E-state index in [2.05, 4.69) is 11.6 Å². The molecule has 110 valence electrons. The highest BCUT2D eigenvalue weighted by molar-refractivity contribution is 7.16. The van der Waals surface area contributed by atoms with Crippen LogP contribution >= 0.6 is 11.3 Å². The molecule has 0 saturated heterocycles. The van der Waals surface area contributed by atoms with E-state index in [-0.39, 0.29) is 12.5 Å². The number of methoxy groups -OCH3 is 1. The molecule has 1 amide bonds. The number of fused-ring (bicyclic) bond motifs is 1. The van der Waals surface area contributed by atoms with Gasteiger partial charge in [0, 0.05) is 18.5 Å². The number of ether oxygens (including phenoxy) is 1. The summed E-state index contributed by atoms with van der Waals surface area (Å²) < 4.78 is 4.95. The Morgan fingerprint density at radius 2 is 2.35 bits per heavy atom. The fourth-order valence-corrected chi connectivity index (χ4v) is 3.46. The Morgan fingerprint density at radius 3 is 3.00 bits per heavy atom. The molecule has 0 saturated carbocycles. The van der Waals surface area contributed by atoms with Crippen LogP contribution in [0.4, 0.5) is 5.13 Å². The minimum absolute atomic E-state index is 0.169. The minimum atomic E-state index is -0.666. The van der Waals surface area contributed by atoms with Crippen LogP contribution in [-0.2, 0) is 22.4 Å². The minimum Gasteiger partial charge on any atom is -0.383 e. The van der Waals surface area contributed by atoms with Crippen LogP contribution in [0.2, 0.25) is 0 Å². The number of hydrogen-bond acceptors (Lipinski definition) is 5. The lowest BCUT2D eigenvalue weighted by atomic mass is 10.0. The molecule has 1 aliphatic rings. The van der Waals surface area contributed by atoms with Gasteiger partial charge in [-0.25, -0.2) is 4.98 Å². The normalized spacial score (nSPS) is 15.5. The zero-order valence-electron chi connectivity index (χ0n) is 11.8. The smallest absolute Gasteiger partial charge is 0.248 e. The molecule has 1 aromatic rings. The Labute approximate surface area is 123 Å². The standard InChI is InChI=1S/C14H21N3O2S/c1-3-8-17(13(18)10(15)9-19-2)14-16-11-6-4-5-7-12(11)20-14/h3,10H,1,4-9,15H2,2H3. The number of hydrogen-bond donors (Lipinski definition) is 1. The summed E-state index contributed by atoms with van der Waals surface area (Å²) in [6, 6.07) is -0.666. The Morgan fingerprint density at radius 1 is 1.60 bits per heavy atom. The summed E-state index contributed by atoms with van der Waals surface area (Å²) in [5.41, 5.74) is 6.98. The molecule has 5 nitrogen and oxygen atoms in total. The van der Waals surface area contributed by atoms with Gasteiger partial charge < -0.3 is 10.5 Å². The van der Waals surface area contributed by atoms with Gasteiger partial charge >= 0.3 is 0 Å². The number of amides is 1. The molecule has 1 heterocycles. The van der Waals surface area contributed by atoms with Crippen molar-refractivity contribution in [3.63, 3.8) is 0 Å². The molecule has 2 rings (SSSR count). The lowest BCUT2D eigenvalue weighted by Crippen LogP contribution is -2.46. The zero-order valence-corrected chi connectivity index (χ0v) is 12.6. The maximum atomic E-state index is 12.4. The number of nitrogens with two attached hydrogens (primary N) is 1. The molecule has 1 atom stereocenters. The van der Waals surface area contributed by atoms with E-state index in [4.69, 9.17) is 10.5 Å². The van der Waals surface area contributed by atoms with Crippen molar-refractivity contribution in [2.45, 2.75) is 31.7 Å². The second-order valence-corrected chi connectivity index (χ2v) is 5.93. The second kappa shape index (κ2) is 6.97. The number of aromatic nitrogens is 1. The number of rotatable bonds is 6. The van der Waals surface area contributed by atoms with Crippen molar-refractivity contribution >= 4 is 22.4 Å². The van der Waals surface area contributed by atoms with Gasteiger partial charge in [0.15, 0.2) is 5.13 Å². The van der Waals surface area contributed by atoms with Crippen molar-refractivity contribution < 1.29 is 9.53 Å². The Balaban J connectivity index is 2.21. The third-order valence-corrected chi connectivity index (χ3v) is 4.49. The van der Waals surface area contributed by atoms with E-state index >= 15 is 0 Å². The first-order valence-electron chi connectivity index (χ1n) is 6.82. The third kappa shape index (κ3) is 3.26. The fraction of sp³-hybridized carbons (Fsp3) is 0.571. The van der Waals surface area contributed by atoms with Crippen LogP contribution in [-0.4, -0.2) is 37.2 Å². The van der Waals surface area contributed by atoms with Crippen LogP contribution in [0.3, 0.4) is 0 Å². The number of anilines is 1. The molecule has 0 spiro atoms. The Kier molecular flexibility index (Phi) is 5.28. The summed E-state index contributed by atoms with van der Waals surface area (Å²) in [6.45, 7) is 4.33. The van der Waals surface area contributed by atoms with Crippen LogP contribution in [0.1, 0.15) is 23.4 Å². The van der Waals surface area contributed by atoms with Crippen LogP contribution in [0.25, 0.3) is 0 Å². The summed E-state index contributed by atoms with van der Waals surface area (Å²) in [5.74, 6) is -0.169. The Bertz CT molecular complexity index is 463. The monoisotopic (exact) mass is 295 g/mol. The predicted molar refractivity (Wildman–Crippen MR) is 81.2 cm³/mol. The SMILES string of the molecule is C=CCN(C(=O)C(N)COC)c1nc2c(s1)CCCC2. The van der Waals surface area contributed by atoms with Crippen molar-refractivity contribution in [1.29, 1.82) is 0 Å². The van der Waals surface area contributed by atoms with Crippen molar-refractivity contribution in [3.8, 4) is 0 Å². The van der Waals surface area contributed by atoms with E-state index in [1.54, 1.807) is 22.3 Å². The van der Waals surface area contributed by atoms with Crippen molar-refractivity contribution in [1.82, 2.24) is 4.98 Å². The third-order valence-electron chi connectivity index (χ3n) is 3.31. The lowest BCUT2D eigenvalue weighted by Gasteiger charge is -2.21. The van der Waals surface area contributed by atoms with Gasteiger partial charge in [0.05, 0.1) is 12.3 Å². The average Bonchev–Trinajstić information content (AvgIpc) is 2.87. The van der Waals surface area contributed by atoms with Gasteiger partial charge in [-0.05, 0) is 25.7 Å². The van der Waals surface area contributed by atoms with Crippen molar-refractivity contribution in [2.24, 2.45) is 5.73 Å². The van der Waals surface area contributed by atoms with Gasteiger partial charge in [-0.15, -0.1) is 17.9 Å².